The molecule has 0 unspecified atom stereocenters. The fourth-order valence-corrected chi connectivity index (χ4v) is 3.77. The lowest BCUT2D eigenvalue weighted by Gasteiger charge is -2.36. The van der Waals surface area contributed by atoms with Crippen molar-refractivity contribution < 1.29 is 13.2 Å². The Labute approximate surface area is 154 Å². The first-order chi connectivity index (χ1) is 12.4. The molecule has 0 atom stereocenters. The summed E-state index contributed by atoms with van der Waals surface area (Å²) in [6, 6.07) is 11.3. The molecule has 0 radical (unpaired) electrons. The molecule has 26 heavy (non-hydrogen) atoms. The lowest BCUT2D eigenvalue weighted by atomic mass is 10.2. The molecular formula is C18H24N4O3S. The van der Waals surface area contributed by atoms with Gasteiger partial charge in [-0.1, -0.05) is 6.07 Å². The number of hydrogen-bond donors (Lipinski definition) is 0. The first kappa shape index (κ1) is 18.4. The standard InChI is InChI=1S/C18H24N4O3S/c1-14(2)26(23,24)18-8-7-17(19-20-18)22-11-9-21(10-12-22)15-5-4-6-16(13-15)25-3/h4-8,13-14H,9-12H2,1-3H3. The zero-order chi connectivity index (χ0) is 18.7. The fourth-order valence-electron chi connectivity index (χ4n) is 2.88. The van der Waals surface area contributed by atoms with Crippen molar-refractivity contribution in [1.82, 2.24) is 10.2 Å². The quantitative estimate of drug-likeness (QED) is 0.790. The molecule has 0 amide bonds. The van der Waals surface area contributed by atoms with Crippen LogP contribution in [0.3, 0.4) is 0 Å². The molecular weight excluding hydrogens is 352 g/mol. The van der Waals surface area contributed by atoms with Crippen LogP contribution in [0.2, 0.25) is 0 Å². The number of rotatable bonds is 5. The molecule has 1 aliphatic rings. The van der Waals surface area contributed by atoms with Crippen molar-refractivity contribution >= 4 is 21.3 Å². The third-order valence-corrected chi connectivity index (χ3v) is 6.60. The van der Waals surface area contributed by atoms with Gasteiger partial charge in [-0.15, -0.1) is 10.2 Å². The van der Waals surface area contributed by atoms with Crippen LogP contribution in [0, 0.1) is 0 Å². The normalized spacial score (nSPS) is 15.4. The van der Waals surface area contributed by atoms with Crippen LogP contribution in [-0.2, 0) is 9.84 Å². The monoisotopic (exact) mass is 376 g/mol. The number of sulfone groups is 1. The Balaban J connectivity index is 1.66. The second-order valence-electron chi connectivity index (χ2n) is 6.50. The van der Waals surface area contributed by atoms with E-state index in [4.69, 9.17) is 4.74 Å². The molecule has 2 aromatic rings. The lowest BCUT2D eigenvalue weighted by Crippen LogP contribution is -2.46. The summed E-state index contributed by atoms with van der Waals surface area (Å²) >= 11 is 0. The predicted octanol–water partition coefficient (Wildman–Crippen LogP) is 1.99. The van der Waals surface area contributed by atoms with Gasteiger partial charge < -0.3 is 14.5 Å². The van der Waals surface area contributed by atoms with E-state index in [0.29, 0.717) is 5.82 Å². The molecule has 1 aliphatic heterocycles. The minimum absolute atomic E-state index is 0.0336. The van der Waals surface area contributed by atoms with E-state index >= 15 is 0 Å². The highest BCUT2D eigenvalue weighted by Gasteiger charge is 2.23. The van der Waals surface area contributed by atoms with Crippen molar-refractivity contribution in [2.24, 2.45) is 0 Å². The average molecular weight is 376 g/mol. The number of methoxy groups -OCH3 is 1. The summed E-state index contributed by atoms with van der Waals surface area (Å²) in [4.78, 5) is 4.42. The Morgan fingerprint density at radius 2 is 1.69 bits per heavy atom. The van der Waals surface area contributed by atoms with E-state index in [2.05, 4.69) is 26.1 Å². The van der Waals surface area contributed by atoms with Gasteiger partial charge in [0.05, 0.1) is 12.4 Å². The summed E-state index contributed by atoms with van der Waals surface area (Å²) in [5, 5.41) is 7.60. The summed E-state index contributed by atoms with van der Waals surface area (Å²) in [5.41, 5.74) is 1.13. The van der Waals surface area contributed by atoms with Crippen LogP contribution in [0.5, 0.6) is 5.75 Å². The minimum atomic E-state index is -3.39. The lowest BCUT2D eigenvalue weighted by molar-refractivity contribution is 0.414. The van der Waals surface area contributed by atoms with Gasteiger partial charge in [0, 0.05) is 37.9 Å². The Morgan fingerprint density at radius 3 is 2.27 bits per heavy atom. The molecule has 2 heterocycles. The second kappa shape index (κ2) is 7.49. The first-order valence-corrected chi connectivity index (χ1v) is 10.2. The van der Waals surface area contributed by atoms with Crippen LogP contribution in [0.25, 0.3) is 0 Å². The number of benzene rings is 1. The molecule has 1 aromatic heterocycles. The van der Waals surface area contributed by atoms with Gasteiger partial charge in [0.25, 0.3) is 0 Å². The van der Waals surface area contributed by atoms with Crippen molar-refractivity contribution in [3.8, 4) is 5.75 Å². The molecule has 0 bridgehead atoms. The molecule has 7 nitrogen and oxygen atoms in total. The maximum atomic E-state index is 12.1. The number of hydrogen-bond acceptors (Lipinski definition) is 7. The topological polar surface area (TPSA) is 75.6 Å². The zero-order valence-electron chi connectivity index (χ0n) is 15.3. The molecule has 3 rings (SSSR count). The van der Waals surface area contributed by atoms with Gasteiger partial charge in [0.1, 0.15) is 5.75 Å². The maximum Gasteiger partial charge on any atom is 0.199 e. The predicted molar refractivity (Wildman–Crippen MR) is 102 cm³/mol. The van der Waals surface area contributed by atoms with Gasteiger partial charge >= 0.3 is 0 Å². The molecule has 1 aromatic carbocycles. The highest BCUT2D eigenvalue weighted by molar-refractivity contribution is 7.91. The van der Waals surface area contributed by atoms with Crippen LogP contribution >= 0.6 is 0 Å². The van der Waals surface area contributed by atoms with E-state index in [-0.39, 0.29) is 5.03 Å². The van der Waals surface area contributed by atoms with E-state index in [1.54, 1.807) is 33.1 Å². The number of piperazine rings is 1. The van der Waals surface area contributed by atoms with Crippen LogP contribution in [0.4, 0.5) is 11.5 Å². The molecule has 0 aliphatic carbocycles. The van der Waals surface area contributed by atoms with Gasteiger partial charge in [-0.3, -0.25) is 0 Å². The van der Waals surface area contributed by atoms with Crippen LogP contribution in [0.15, 0.2) is 41.4 Å². The molecule has 0 saturated carbocycles. The molecule has 140 valence electrons. The minimum Gasteiger partial charge on any atom is -0.497 e. The maximum absolute atomic E-state index is 12.1. The van der Waals surface area contributed by atoms with E-state index < -0.39 is 15.1 Å². The Kier molecular flexibility index (Phi) is 5.31. The molecule has 1 saturated heterocycles. The summed E-state index contributed by atoms with van der Waals surface area (Å²) in [7, 11) is -1.72. The van der Waals surface area contributed by atoms with E-state index in [1.165, 1.54) is 0 Å². The number of ether oxygens (including phenoxy) is 1. The zero-order valence-corrected chi connectivity index (χ0v) is 16.1. The van der Waals surface area contributed by atoms with Crippen LogP contribution in [0.1, 0.15) is 13.8 Å². The van der Waals surface area contributed by atoms with Crippen LogP contribution in [-0.4, -0.2) is 57.2 Å². The summed E-state index contributed by atoms with van der Waals surface area (Å²) in [6.07, 6.45) is 0. The third kappa shape index (κ3) is 3.75. The third-order valence-electron chi connectivity index (χ3n) is 4.56. The summed E-state index contributed by atoms with van der Waals surface area (Å²) in [5.74, 6) is 1.55. The second-order valence-corrected chi connectivity index (χ2v) is 8.95. The van der Waals surface area contributed by atoms with Gasteiger partial charge in [0.15, 0.2) is 20.7 Å². The summed E-state index contributed by atoms with van der Waals surface area (Å²) in [6.45, 7) is 6.57. The molecule has 1 fully saturated rings. The SMILES string of the molecule is COc1cccc(N2CCN(c3ccc(S(=O)(=O)C(C)C)nn3)CC2)c1. The smallest absolute Gasteiger partial charge is 0.199 e. The van der Waals surface area contributed by atoms with E-state index in [1.807, 2.05) is 18.2 Å². The van der Waals surface area contributed by atoms with Crippen molar-refractivity contribution in [3.63, 3.8) is 0 Å². The van der Waals surface area contributed by atoms with Gasteiger partial charge in [-0.25, -0.2) is 8.42 Å². The van der Waals surface area contributed by atoms with Crippen LogP contribution < -0.4 is 14.5 Å². The van der Waals surface area contributed by atoms with Gasteiger partial charge in [-0.2, -0.15) is 0 Å². The number of anilines is 2. The van der Waals surface area contributed by atoms with Crippen molar-refractivity contribution in [2.75, 3.05) is 43.1 Å². The Hall–Kier alpha value is -2.35. The number of aromatic nitrogens is 2. The highest BCUT2D eigenvalue weighted by atomic mass is 32.2. The molecule has 0 N–H and O–H groups in total. The van der Waals surface area contributed by atoms with Crippen molar-refractivity contribution in [2.45, 2.75) is 24.1 Å². The van der Waals surface area contributed by atoms with E-state index in [9.17, 15) is 8.42 Å². The summed E-state index contributed by atoms with van der Waals surface area (Å²) < 4.78 is 29.6. The Morgan fingerprint density at radius 1 is 1.00 bits per heavy atom. The molecule has 0 spiro atoms. The van der Waals surface area contributed by atoms with E-state index in [0.717, 1.165) is 37.6 Å². The van der Waals surface area contributed by atoms with Gasteiger partial charge in [0.2, 0.25) is 0 Å². The largest absolute Gasteiger partial charge is 0.497 e. The van der Waals surface area contributed by atoms with Crippen molar-refractivity contribution in [1.29, 1.82) is 0 Å². The van der Waals surface area contributed by atoms with Gasteiger partial charge in [-0.05, 0) is 38.1 Å². The molecule has 8 heteroatoms. The average Bonchev–Trinajstić information content (AvgIpc) is 2.68. The number of nitrogens with zero attached hydrogens (tertiary/aromatic N) is 4. The Bertz CT molecular complexity index is 845. The first-order valence-electron chi connectivity index (χ1n) is 8.63. The highest BCUT2D eigenvalue weighted by Crippen LogP contribution is 2.23. The van der Waals surface area contributed by atoms with Crippen molar-refractivity contribution in [3.05, 3.63) is 36.4 Å². The fraction of sp³-hybridized carbons (Fsp3) is 0.444.